The Kier molecular flexibility index (Phi) is 3.47. The minimum atomic E-state index is -0.204. The summed E-state index contributed by atoms with van der Waals surface area (Å²) in [4.78, 5) is 12.1. The van der Waals surface area contributed by atoms with Crippen LogP contribution in [0.15, 0.2) is 16.7 Å². The maximum absolute atomic E-state index is 12.1. The van der Waals surface area contributed by atoms with Crippen molar-refractivity contribution in [2.24, 2.45) is 0 Å². The van der Waals surface area contributed by atoms with Crippen LogP contribution in [0.3, 0.4) is 0 Å². The number of aryl methyl sites for hydroxylation is 2. The topological polar surface area (TPSA) is 73.6 Å². The fourth-order valence-corrected chi connectivity index (χ4v) is 2.32. The Labute approximate surface area is 126 Å². The molecule has 0 aliphatic carbocycles. The number of halogens is 1. The van der Waals surface area contributed by atoms with E-state index in [4.69, 9.17) is 25.6 Å². The molecule has 1 aromatic carbocycles. The number of benzene rings is 1. The lowest BCUT2D eigenvalue weighted by Gasteiger charge is -2.08. The lowest BCUT2D eigenvalue weighted by atomic mass is 10.1. The fraction of sp³-hybridized carbons (Fsp3) is 0.286. The van der Waals surface area contributed by atoms with E-state index >= 15 is 0 Å². The first-order valence-corrected chi connectivity index (χ1v) is 6.73. The maximum atomic E-state index is 12.1. The molecule has 3 rings (SSSR count). The molecule has 1 amide bonds. The number of carbonyl (C=O) groups is 1. The van der Waals surface area contributed by atoms with E-state index in [0.29, 0.717) is 33.7 Å². The molecule has 0 atom stereocenters. The zero-order valence-electron chi connectivity index (χ0n) is 11.5. The zero-order valence-corrected chi connectivity index (χ0v) is 12.3. The van der Waals surface area contributed by atoms with E-state index in [9.17, 15) is 4.79 Å². The van der Waals surface area contributed by atoms with Gasteiger partial charge in [-0.3, -0.25) is 4.79 Å². The van der Waals surface area contributed by atoms with Gasteiger partial charge in [-0.2, -0.15) is 0 Å². The third-order valence-electron chi connectivity index (χ3n) is 3.25. The smallest absolute Gasteiger partial charge is 0.231 e. The SMILES string of the molecule is Cc1noc(C)c1CC(=O)Nc1cc2c(cc1Cl)OCO2. The normalized spacial score (nSPS) is 12.5. The van der Waals surface area contributed by atoms with Gasteiger partial charge in [-0.1, -0.05) is 16.8 Å². The second-order valence-electron chi connectivity index (χ2n) is 4.71. The first-order chi connectivity index (χ1) is 10.0. The van der Waals surface area contributed by atoms with Gasteiger partial charge in [0.2, 0.25) is 12.7 Å². The number of hydrogen-bond donors (Lipinski definition) is 1. The molecule has 2 heterocycles. The van der Waals surface area contributed by atoms with Crippen LogP contribution in [0.2, 0.25) is 5.02 Å². The monoisotopic (exact) mass is 308 g/mol. The highest BCUT2D eigenvalue weighted by molar-refractivity contribution is 6.34. The van der Waals surface area contributed by atoms with Gasteiger partial charge in [0.1, 0.15) is 5.76 Å². The van der Waals surface area contributed by atoms with Crippen LogP contribution < -0.4 is 14.8 Å². The summed E-state index contributed by atoms with van der Waals surface area (Å²) in [5.74, 6) is 1.57. The number of carbonyl (C=O) groups excluding carboxylic acids is 1. The van der Waals surface area contributed by atoms with Gasteiger partial charge in [0.25, 0.3) is 0 Å². The number of aromatic nitrogens is 1. The molecule has 21 heavy (non-hydrogen) atoms. The molecule has 6 nitrogen and oxygen atoms in total. The molecule has 1 N–H and O–H groups in total. The molecule has 0 fully saturated rings. The van der Waals surface area contributed by atoms with E-state index in [0.717, 1.165) is 5.56 Å². The van der Waals surface area contributed by atoms with Crippen LogP contribution in [-0.2, 0) is 11.2 Å². The van der Waals surface area contributed by atoms with Crippen LogP contribution in [0, 0.1) is 13.8 Å². The molecule has 110 valence electrons. The number of anilines is 1. The molecule has 1 aliphatic heterocycles. The van der Waals surface area contributed by atoms with Gasteiger partial charge in [-0.25, -0.2) is 0 Å². The molecule has 0 radical (unpaired) electrons. The van der Waals surface area contributed by atoms with Crippen molar-refractivity contribution in [2.45, 2.75) is 20.3 Å². The number of rotatable bonds is 3. The molecular formula is C14H13ClN2O4. The third kappa shape index (κ3) is 2.67. The van der Waals surface area contributed by atoms with Gasteiger partial charge >= 0.3 is 0 Å². The Bertz CT molecular complexity index is 692. The summed E-state index contributed by atoms with van der Waals surface area (Å²) >= 11 is 6.12. The lowest BCUT2D eigenvalue weighted by Crippen LogP contribution is -2.15. The third-order valence-corrected chi connectivity index (χ3v) is 3.57. The molecule has 0 unspecified atom stereocenters. The zero-order chi connectivity index (χ0) is 15.0. The molecule has 0 saturated carbocycles. The highest BCUT2D eigenvalue weighted by atomic mass is 35.5. The van der Waals surface area contributed by atoms with Crippen molar-refractivity contribution in [2.75, 3.05) is 12.1 Å². The van der Waals surface area contributed by atoms with Crippen LogP contribution in [0.4, 0.5) is 5.69 Å². The van der Waals surface area contributed by atoms with Crippen LogP contribution in [0.25, 0.3) is 0 Å². The Balaban J connectivity index is 1.76. The Hall–Kier alpha value is -2.21. The summed E-state index contributed by atoms with van der Waals surface area (Å²) in [7, 11) is 0. The van der Waals surface area contributed by atoms with Crippen molar-refractivity contribution in [3.63, 3.8) is 0 Å². The Morgan fingerprint density at radius 3 is 2.71 bits per heavy atom. The first-order valence-electron chi connectivity index (χ1n) is 6.35. The van der Waals surface area contributed by atoms with Gasteiger partial charge in [0.15, 0.2) is 11.5 Å². The molecule has 0 spiro atoms. The summed E-state index contributed by atoms with van der Waals surface area (Å²) in [6.45, 7) is 3.73. The highest BCUT2D eigenvalue weighted by Gasteiger charge is 2.19. The molecular weight excluding hydrogens is 296 g/mol. The molecule has 0 bridgehead atoms. The average Bonchev–Trinajstić information content (AvgIpc) is 3.00. The Morgan fingerprint density at radius 2 is 2.05 bits per heavy atom. The Morgan fingerprint density at radius 1 is 1.33 bits per heavy atom. The number of fused-ring (bicyclic) bond motifs is 1. The van der Waals surface area contributed by atoms with E-state index in [1.54, 1.807) is 26.0 Å². The van der Waals surface area contributed by atoms with Crippen LogP contribution >= 0.6 is 11.6 Å². The predicted octanol–water partition coefficient (Wildman–Crippen LogP) is 2.85. The summed E-state index contributed by atoms with van der Waals surface area (Å²) < 4.78 is 15.5. The maximum Gasteiger partial charge on any atom is 0.231 e. The molecule has 1 aliphatic rings. The molecule has 7 heteroatoms. The van der Waals surface area contributed by atoms with Gasteiger partial charge in [-0.05, 0) is 13.8 Å². The van der Waals surface area contributed by atoms with E-state index < -0.39 is 0 Å². The van der Waals surface area contributed by atoms with Gasteiger partial charge < -0.3 is 19.3 Å². The first kappa shape index (κ1) is 13.8. The average molecular weight is 309 g/mol. The van der Waals surface area contributed by atoms with E-state index in [1.807, 2.05) is 0 Å². The van der Waals surface area contributed by atoms with Crippen LogP contribution in [0.1, 0.15) is 17.0 Å². The summed E-state index contributed by atoms with van der Waals surface area (Å²) in [5, 5.41) is 6.97. The minimum absolute atomic E-state index is 0.155. The predicted molar refractivity (Wildman–Crippen MR) is 75.9 cm³/mol. The minimum Gasteiger partial charge on any atom is -0.454 e. The van der Waals surface area contributed by atoms with E-state index in [-0.39, 0.29) is 19.1 Å². The second-order valence-corrected chi connectivity index (χ2v) is 5.12. The van der Waals surface area contributed by atoms with Crippen molar-refractivity contribution in [3.8, 4) is 11.5 Å². The standard InChI is InChI=1S/C14H13ClN2O4/c1-7-9(8(2)21-17-7)3-14(18)16-11-5-13-12(4-10(11)15)19-6-20-13/h4-5H,3,6H2,1-2H3,(H,16,18). The number of nitrogens with one attached hydrogen (secondary N) is 1. The van der Waals surface area contributed by atoms with Crippen LogP contribution in [0.5, 0.6) is 11.5 Å². The number of ether oxygens (including phenoxy) is 2. The largest absolute Gasteiger partial charge is 0.454 e. The van der Waals surface area contributed by atoms with Gasteiger partial charge in [-0.15, -0.1) is 0 Å². The van der Waals surface area contributed by atoms with Crippen molar-refractivity contribution in [1.82, 2.24) is 5.16 Å². The molecule has 2 aromatic rings. The number of nitrogens with zero attached hydrogens (tertiary/aromatic N) is 1. The lowest BCUT2D eigenvalue weighted by molar-refractivity contribution is -0.115. The second kappa shape index (κ2) is 5.29. The summed E-state index contributed by atoms with van der Waals surface area (Å²) in [5.41, 5.74) is 1.97. The van der Waals surface area contributed by atoms with Crippen molar-refractivity contribution >= 4 is 23.2 Å². The van der Waals surface area contributed by atoms with E-state index in [1.165, 1.54) is 0 Å². The number of amides is 1. The van der Waals surface area contributed by atoms with Crippen molar-refractivity contribution < 1.29 is 18.8 Å². The van der Waals surface area contributed by atoms with E-state index in [2.05, 4.69) is 10.5 Å². The van der Waals surface area contributed by atoms with Crippen molar-refractivity contribution in [1.29, 1.82) is 0 Å². The highest BCUT2D eigenvalue weighted by Crippen LogP contribution is 2.39. The van der Waals surface area contributed by atoms with Gasteiger partial charge in [0, 0.05) is 17.7 Å². The fourth-order valence-electron chi connectivity index (χ4n) is 2.12. The van der Waals surface area contributed by atoms with Gasteiger partial charge in [0.05, 0.1) is 22.8 Å². The summed E-state index contributed by atoms with van der Waals surface area (Å²) in [6, 6.07) is 3.27. The van der Waals surface area contributed by atoms with Crippen molar-refractivity contribution in [3.05, 3.63) is 34.2 Å². The summed E-state index contributed by atoms with van der Waals surface area (Å²) in [6.07, 6.45) is 0.173. The number of hydrogen-bond acceptors (Lipinski definition) is 5. The quantitative estimate of drug-likeness (QED) is 0.943. The molecule has 1 aromatic heterocycles. The molecule has 0 saturated heterocycles. The van der Waals surface area contributed by atoms with Crippen LogP contribution in [-0.4, -0.2) is 17.9 Å².